The highest BCUT2D eigenvalue weighted by Gasteiger charge is 2.30. The van der Waals surface area contributed by atoms with Crippen molar-refractivity contribution in [1.82, 2.24) is 4.57 Å². The predicted molar refractivity (Wildman–Crippen MR) is 227 cm³/mol. The Morgan fingerprint density at radius 3 is 2.13 bits per heavy atom. The van der Waals surface area contributed by atoms with E-state index in [9.17, 15) is 0 Å². The topological polar surface area (TPSA) is 17.3 Å². The molecule has 1 aliphatic rings. The van der Waals surface area contributed by atoms with Gasteiger partial charge in [0.1, 0.15) is 0 Å². The van der Waals surface area contributed by atoms with Crippen molar-refractivity contribution in [2.75, 3.05) is 0 Å². The molecule has 0 radical (unpaired) electrons. The molecule has 53 heavy (non-hydrogen) atoms. The summed E-state index contributed by atoms with van der Waals surface area (Å²) >= 11 is 1.92. The van der Waals surface area contributed by atoms with E-state index in [0.717, 1.165) is 17.7 Å². The number of aliphatic imine (C=N–C) groups is 1. The van der Waals surface area contributed by atoms with Crippen molar-refractivity contribution in [2.24, 2.45) is 4.99 Å². The standard InChI is InChI=1S/C50H36N2S/c1-51-45-25-8-5-22-43(45)49(38-19-12-18-36(31-38)35-17-11-16-34(30-35)33-14-3-2-4-15-33)52-46-26-9-6-20-40(46)44-32-37(28-29-47(44)52)39-23-13-24-42-41-21-7-10-27-48(41)53-50(39)42/h2-31,37,49H,1,32H2. The first kappa shape index (κ1) is 31.4. The van der Waals surface area contributed by atoms with Crippen molar-refractivity contribution in [3.8, 4) is 22.3 Å². The summed E-state index contributed by atoms with van der Waals surface area (Å²) in [7, 11) is 0. The fourth-order valence-electron chi connectivity index (χ4n) is 8.52. The fourth-order valence-corrected chi connectivity index (χ4v) is 9.80. The lowest BCUT2D eigenvalue weighted by atomic mass is 9.86. The molecule has 0 saturated heterocycles. The van der Waals surface area contributed by atoms with Gasteiger partial charge in [0.15, 0.2) is 0 Å². The van der Waals surface area contributed by atoms with Crippen LogP contribution in [-0.4, -0.2) is 11.3 Å². The van der Waals surface area contributed by atoms with E-state index >= 15 is 0 Å². The van der Waals surface area contributed by atoms with Crippen LogP contribution in [0.4, 0.5) is 5.69 Å². The van der Waals surface area contributed by atoms with Gasteiger partial charge in [-0.2, -0.15) is 0 Å². The van der Waals surface area contributed by atoms with Crippen LogP contribution in [0.1, 0.15) is 39.9 Å². The van der Waals surface area contributed by atoms with Gasteiger partial charge in [-0.25, -0.2) is 0 Å². The minimum atomic E-state index is -0.130. The molecule has 10 rings (SSSR count). The van der Waals surface area contributed by atoms with E-state index in [4.69, 9.17) is 0 Å². The Kier molecular flexibility index (Phi) is 7.74. The molecule has 9 aromatic rings. The second kappa shape index (κ2) is 13.0. The maximum Gasteiger partial charge on any atom is 0.0866 e. The van der Waals surface area contributed by atoms with Gasteiger partial charge in [-0.15, -0.1) is 11.3 Å². The Balaban J connectivity index is 1.14. The Hall–Kier alpha value is -6.29. The van der Waals surface area contributed by atoms with Gasteiger partial charge in [-0.1, -0.05) is 146 Å². The molecule has 0 spiro atoms. The number of nitrogens with zero attached hydrogens (tertiary/aromatic N) is 2. The summed E-state index contributed by atoms with van der Waals surface area (Å²) in [5.41, 5.74) is 13.3. The van der Waals surface area contributed by atoms with Gasteiger partial charge in [0.25, 0.3) is 0 Å². The zero-order valence-electron chi connectivity index (χ0n) is 29.2. The molecule has 2 atom stereocenters. The molecule has 2 aromatic heterocycles. The minimum Gasteiger partial charge on any atom is -0.329 e. The first-order chi connectivity index (χ1) is 26.2. The monoisotopic (exact) mass is 696 g/mol. The van der Waals surface area contributed by atoms with E-state index in [1.807, 2.05) is 11.3 Å². The summed E-state index contributed by atoms with van der Waals surface area (Å²) in [6.45, 7) is 4.01. The Morgan fingerprint density at radius 1 is 0.604 bits per heavy atom. The quantitative estimate of drug-likeness (QED) is 0.148. The highest BCUT2D eigenvalue weighted by atomic mass is 32.1. The highest BCUT2D eigenvalue weighted by molar-refractivity contribution is 7.26. The van der Waals surface area contributed by atoms with Gasteiger partial charge < -0.3 is 4.57 Å². The van der Waals surface area contributed by atoms with E-state index < -0.39 is 0 Å². The molecular formula is C50H36N2S. The van der Waals surface area contributed by atoms with Gasteiger partial charge >= 0.3 is 0 Å². The van der Waals surface area contributed by atoms with Gasteiger partial charge in [0.05, 0.1) is 11.7 Å². The van der Waals surface area contributed by atoms with Crippen molar-refractivity contribution >= 4 is 60.9 Å². The van der Waals surface area contributed by atoms with Crippen molar-refractivity contribution < 1.29 is 0 Å². The highest BCUT2D eigenvalue weighted by Crippen LogP contribution is 2.46. The number of allylic oxidation sites excluding steroid dienone is 1. The normalized spacial score (nSPS) is 14.5. The van der Waals surface area contributed by atoms with Crippen LogP contribution in [0, 0.1) is 0 Å². The van der Waals surface area contributed by atoms with Gasteiger partial charge in [0.2, 0.25) is 0 Å². The molecule has 252 valence electrons. The first-order valence-corrected chi connectivity index (χ1v) is 19.1. The number of benzene rings is 7. The Morgan fingerprint density at radius 2 is 1.26 bits per heavy atom. The van der Waals surface area contributed by atoms with Crippen LogP contribution < -0.4 is 0 Å². The van der Waals surface area contributed by atoms with E-state index in [2.05, 4.69) is 198 Å². The summed E-state index contributed by atoms with van der Waals surface area (Å²) in [5, 5.41) is 4.01. The summed E-state index contributed by atoms with van der Waals surface area (Å²) < 4.78 is 5.30. The molecule has 2 heterocycles. The van der Waals surface area contributed by atoms with E-state index in [1.165, 1.54) is 75.7 Å². The number of hydrogen-bond donors (Lipinski definition) is 0. The number of hydrogen-bond acceptors (Lipinski definition) is 2. The number of rotatable bonds is 7. The summed E-state index contributed by atoms with van der Waals surface area (Å²) in [6, 6.07) is 61.5. The minimum absolute atomic E-state index is 0.130. The average Bonchev–Trinajstić information content (AvgIpc) is 3.77. The summed E-state index contributed by atoms with van der Waals surface area (Å²) in [5.74, 6) is 0.277. The van der Waals surface area contributed by atoms with Crippen LogP contribution in [0.25, 0.3) is 59.4 Å². The van der Waals surface area contributed by atoms with Gasteiger partial charge in [0, 0.05) is 48.3 Å². The molecule has 7 aromatic carbocycles. The zero-order chi connectivity index (χ0) is 35.3. The molecular weight excluding hydrogens is 661 g/mol. The molecule has 0 fully saturated rings. The third kappa shape index (κ3) is 5.35. The van der Waals surface area contributed by atoms with Crippen molar-refractivity contribution in [1.29, 1.82) is 0 Å². The molecule has 2 nitrogen and oxygen atoms in total. The van der Waals surface area contributed by atoms with E-state index in [0.29, 0.717) is 0 Å². The Bertz CT molecular complexity index is 2850. The van der Waals surface area contributed by atoms with Crippen LogP contribution in [0.2, 0.25) is 0 Å². The lowest BCUT2D eigenvalue weighted by Gasteiger charge is -2.27. The average molecular weight is 697 g/mol. The molecule has 0 N–H and O–H groups in total. The van der Waals surface area contributed by atoms with Crippen molar-refractivity contribution in [2.45, 2.75) is 18.4 Å². The predicted octanol–water partition coefficient (Wildman–Crippen LogP) is 13.7. The van der Waals surface area contributed by atoms with Crippen LogP contribution in [-0.2, 0) is 6.42 Å². The van der Waals surface area contributed by atoms with E-state index in [-0.39, 0.29) is 12.0 Å². The lowest BCUT2D eigenvalue weighted by molar-refractivity contribution is 0.689. The Labute approximate surface area is 313 Å². The maximum atomic E-state index is 4.56. The first-order valence-electron chi connectivity index (χ1n) is 18.3. The van der Waals surface area contributed by atoms with E-state index in [1.54, 1.807) is 0 Å². The fraction of sp³-hybridized carbons (Fsp3) is 0.0600. The summed E-state index contributed by atoms with van der Waals surface area (Å²) in [6.07, 6.45) is 5.77. The number of para-hydroxylation sites is 2. The molecule has 0 aliphatic heterocycles. The molecule has 0 bridgehead atoms. The SMILES string of the molecule is C=Nc1ccccc1C(c1cccc(-c2cccc(-c3ccccc3)c2)c1)n1c2c(c3ccccc31)CC(c1cccc3c1sc1ccccc13)C=C2. The number of fused-ring (bicyclic) bond motifs is 6. The van der Waals surface area contributed by atoms with Crippen molar-refractivity contribution in [3.05, 3.63) is 204 Å². The third-order valence-electron chi connectivity index (χ3n) is 11.0. The molecule has 2 unspecified atom stereocenters. The van der Waals surface area contributed by atoms with Gasteiger partial charge in [-0.3, -0.25) is 4.99 Å². The maximum absolute atomic E-state index is 4.56. The molecule has 3 heteroatoms. The van der Waals surface area contributed by atoms with Crippen LogP contribution in [0.15, 0.2) is 181 Å². The molecule has 1 aliphatic carbocycles. The smallest absolute Gasteiger partial charge is 0.0866 e. The van der Waals surface area contributed by atoms with Crippen LogP contribution in [0.5, 0.6) is 0 Å². The van der Waals surface area contributed by atoms with Gasteiger partial charge in [-0.05, 0) is 88.5 Å². The zero-order valence-corrected chi connectivity index (χ0v) is 30.0. The number of aromatic nitrogens is 1. The molecule has 0 amide bonds. The third-order valence-corrected chi connectivity index (χ3v) is 12.2. The molecule has 0 saturated carbocycles. The van der Waals surface area contributed by atoms with Crippen LogP contribution >= 0.6 is 11.3 Å². The summed E-state index contributed by atoms with van der Waals surface area (Å²) in [4.78, 5) is 4.56. The van der Waals surface area contributed by atoms with Crippen molar-refractivity contribution in [3.63, 3.8) is 0 Å². The second-order valence-corrected chi connectivity index (χ2v) is 15.0. The largest absolute Gasteiger partial charge is 0.329 e. The lowest BCUT2D eigenvalue weighted by Crippen LogP contribution is -2.16. The second-order valence-electron chi connectivity index (χ2n) is 13.9. The number of thiophene rings is 1. The van der Waals surface area contributed by atoms with Crippen LogP contribution in [0.3, 0.4) is 0 Å².